The molecule has 1 aliphatic rings. The summed E-state index contributed by atoms with van der Waals surface area (Å²) in [6, 6.07) is 14.1. The van der Waals surface area contributed by atoms with E-state index in [1.54, 1.807) is 24.3 Å². The van der Waals surface area contributed by atoms with Crippen molar-refractivity contribution in [3.63, 3.8) is 0 Å². The van der Waals surface area contributed by atoms with Crippen molar-refractivity contribution >= 4 is 23.2 Å². The lowest BCUT2D eigenvalue weighted by Gasteiger charge is -2.16. The summed E-state index contributed by atoms with van der Waals surface area (Å²) in [5.41, 5.74) is 1.66. The standard InChI is InChI=1S/C18H14FN3O2/c19-14-3-7-16(8-4-14)22-11-13(9-17(22)23)18(24)21-15-5-1-12(10-20)2-6-15/h1-8,13H,9,11H2,(H,21,24). The Hall–Kier alpha value is -3.20. The maximum absolute atomic E-state index is 13.0. The van der Waals surface area contributed by atoms with Crippen LogP contribution in [0, 0.1) is 23.1 Å². The molecule has 3 rings (SSSR count). The lowest BCUT2D eigenvalue weighted by molar-refractivity contribution is -0.122. The predicted octanol–water partition coefficient (Wildman–Crippen LogP) is 2.69. The van der Waals surface area contributed by atoms with E-state index < -0.39 is 5.92 Å². The van der Waals surface area contributed by atoms with Crippen molar-refractivity contribution in [3.8, 4) is 6.07 Å². The van der Waals surface area contributed by atoms with Crippen LogP contribution in [0.15, 0.2) is 48.5 Å². The highest BCUT2D eigenvalue weighted by Gasteiger charge is 2.35. The van der Waals surface area contributed by atoms with Gasteiger partial charge in [0.1, 0.15) is 5.82 Å². The third-order valence-corrected chi connectivity index (χ3v) is 3.92. The number of rotatable bonds is 3. The first kappa shape index (κ1) is 15.7. The molecule has 6 heteroatoms. The summed E-state index contributed by atoms with van der Waals surface area (Å²) in [4.78, 5) is 25.9. The predicted molar refractivity (Wildman–Crippen MR) is 86.6 cm³/mol. The number of carbonyl (C=O) groups is 2. The van der Waals surface area contributed by atoms with Crippen LogP contribution in [0.4, 0.5) is 15.8 Å². The molecule has 0 bridgehead atoms. The molecule has 2 amide bonds. The highest BCUT2D eigenvalue weighted by molar-refractivity contribution is 6.03. The fourth-order valence-corrected chi connectivity index (χ4v) is 2.63. The number of halogens is 1. The first-order valence-corrected chi connectivity index (χ1v) is 7.44. The molecule has 1 heterocycles. The molecule has 5 nitrogen and oxygen atoms in total. The minimum absolute atomic E-state index is 0.111. The number of nitrogens with zero attached hydrogens (tertiary/aromatic N) is 2. The van der Waals surface area contributed by atoms with Crippen molar-refractivity contribution in [3.05, 3.63) is 59.9 Å². The van der Waals surface area contributed by atoms with Crippen LogP contribution in [0.1, 0.15) is 12.0 Å². The van der Waals surface area contributed by atoms with Crippen molar-refractivity contribution in [2.45, 2.75) is 6.42 Å². The molecule has 0 spiro atoms. The summed E-state index contributed by atoms with van der Waals surface area (Å²) >= 11 is 0. The third-order valence-electron chi connectivity index (χ3n) is 3.92. The van der Waals surface area contributed by atoms with E-state index in [0.717, 1.165) is 0 Å². The van der Waals surface area contributed by atoms with Gasteiger partial charge in [-0.25, -0.2) is 4.39 Å². The lowest BCUT2D eigenvalue weighted by atomic mass is 10.1. The second kappa shape index (κ2) is 6.50. The minimum Gasteiger partial charge on any atom is -0.326 e. The van der Waals surface area contributed by atoms with Crippen LogP contribution < -0.4 is 10.2 Å². The quantitative estimate of drug-likeness (QED) is 0.944. The number of nitriles is 1. The molecule has 1 fully saturated rings. The van der Waals surface area contributed by atoms with E-state index >= 15 is 0 Å². The van der Waals surface area contributed by atoms with Gasteiger partial charge >= 0.3 is 0 Å². The largest absolute Gasteiger partial charge is 0.326 e. The Morgan fingerprint density at radius 1 is 1.17 bits per heavy atom. The molecule has 1 N–H and O–H groups in total. The molecule has 24 heavy (non-hydrogen) atoms. The Kier molecular flexibility index (Phi) is 4.25. The first-order chi connectivity index (χ1) is 11.6. The number of nitrogens with one attached hydrogen (secondary N) is 1. The summed E-state index contributed by atoms with van der Waals surface area (Å²) in [6.45, 7) is 0.257. The summed E-state index contributed by atoms with van der Waals surface area (Å²) in [5, 5.41) is 11.5. The number of anilines is 2. The van der Waals surface area contributed by atoms with Gasteiger partial charge in [0.15, 0.2) is 0 Å². The van der Waals surface area contributed by atoms with E-state index in [9.17, 15) is 14.0 Å². The van der Waals surface area contributed by atoms with Crippen molar-refractivity contribution in [1.82, 2.24) is 0 Å². The molecule has 1 atom stereocenters. The molecule has 1 unspecified atom stereocenters. The first-order valence-electron chi connectivity index (χ1n) is 7.44. The van der Waals surface area contributed by atoms with Crippen molar-refractivity contribution in [1.29, 1.82) is 5.26 Å². The number of carbonyl (C=O) groups excluding carboxylic acids is 2. The van der Waals surface area contributed by atoms with E-state index in [1.807, 2.05) is 6.07 Å². The molecule has 1 saturated heterocycles. The monoisotopic (exact) mass is 323 g/mol. The molecule has 0 aliphatic carbocycles. The average molecular weight is 323 g/mol. The van der Waals surface area contributed by atoms with Crippen LogP contribution in [0.5, 0.6) is 0 Å². The van der Waals surface area contributed by atoms with Gasteiger partial charge in [0.05, 0.1) is 17.6 Å². The molecule has 1 aliphatic heterocycles. The highest BCUT2D eigenvalue weighted by atomic mass is 19.1. The molecular formula is C18H14FN3O2. The van der Waals surface area contributed by atoms with E-state index in [-0.39, 0.29) is 30.6 Å². The minimum atomic E-state index is -0.474. The third kappa shape index (κ3) is 3.25. The van der Waals surface area contributed by atoms with E-state index in [0.29, 0.717) is 16.9 Å². The van der Waals surface area contributed by atoms with Crippen LogP contribution in [0.3, 0.4) is 0 Å². The SMILES string of the molecule is N#Cc1ccc(NC(=O)C2CC(=O)N(c3ccc(F)cc3)C2)cc1. The van der Waals surface area contributed by atoms with Gasteiger partial charge in [0.25, 0.3) is 0 Å². The van der Waals surface area contributed by atoms with Gasteiger partial charge < -0.3 is 10.2 Å². The van der Waals surface area contributed by atoms with Crippen molar-refractivity contribution < 1.29 is 14.0 Å². The maximum Gasteiger partial charge on any atom is 0.229 e. The van der Waals surface area contributed by atoms with Gasteiger partial charge in [-0.1, -0.05) is 0 Å². The van der Waals surface area contributed by atoms with Gasteiger partial charge in [0.2, 0.25) is 11.8 Å². The molecule has 2 aromatic carbocycles. The fraction of sp³-hybridized carbons (Fsp3) is 0.167. The maximum atomic E-state index is 13.0. The molecule has 0 saturated carbocycles. The Bertz CT molecular complexity index is 810. The van der Waals surface area contributed by atoms with Crippen LogP contribution in [0.2, 0.25) is 0 Å². The molecule has 2 aromatic rings. The van der Waals surface area contributed by atoms with Gasteiger partial charge in [0, 0.05) is 24.3 Å². The van der Waals surface area contributed by atoms with E-state index in [1.165, 1.54) is 29.2 Å². The molecule has 0 radical (unpaired) electrons. The average Bonchev–Trinajstić information content (AvgIpc) is 2.98. The number of amides is 2. The molecule has 120 valence electrons. The number of hydrogen-bond acceptors (Lipinski definition) is 3. The van der Waals surface area contributed by atoms with Crippen LogP contribution in [-0.4, -0.2) is 18.4 Å². The Balaban J connectivity index is 1.67. The summed E-state index contributed by atoms with van der Waals surface area (Å²) in [7, 11) is 0. The second-order valence-electron chi connectivity index (χ2n) is 5.56. The summed E-state index contributed by atoms with van der Waals surface area (Å²) in [5.74, 6) is -1.27. The second-order valence-corrected chi connectivity index (χ2v) is 5.56. The van der Waals surface area contributed by atoms with Gasteiger partial charge in [-0.15, -0.1) is 0 Å². The van der Waals surface area contributed by atoms with Crippen LogP contribution in [0.25, 0.3) is 0 Å². The van der Waals surface area contributed by atoms with Gasteiger partial charge in [-0.2, -0.15) is 5.26 Å². The van der Waals surface area contributed by atoms with Crippen molar-refractivity contribution in [2.24, 2.45) is 5.92 Å². The zero-order chi connectivity index (χ0) is 17.1. The topological polar surface area (TPSA) is 73.2 Å². The molecule has 0 aromatic heterocycles. The molecular weight excluding hydrogens is 309 g/mol. The Labute approximate surface area is 138 Å². The fourth-order valence-electron chi connectivity index (χ4n) is 2.63. The van der Waals surface area contributed by atoms with Crippen molar-refractivity contribution in [2.75, 3.05) is 16.8 Å². The Morgan fingerprint density at radius 3 is 2.46 bits per heavy atom. The summed E-state index contributed by atoms with van der Waals surface area (Å²) in [6.07, 6.45) is 0.111. The van der Waals surface area contributed by atoms with Gasteiger partial charge in [-0.05, 0) is 48.5 Å². The Morgan fingerprint density at radius 2 is 1.83 bits per heavy atom. The zero-order valence-corrected chi connectivity index (χ0v) is 12.7. The highest BCUT2D eigenvalue weighted by Crippen LogP contribution is 2.26. The number of benzene rings is 2. The summed E-state index contributed by atoms with van der Waals surface area (Å²) < 4.78 is 13.0. The lowest BCUT2D eigenvalue weighted by Crippen LogP contribution is -2.28. The normalized spacial score (nSPS) is 16.8. The smallest absolute Gasteiger partial charge is 0.229 e. The van der Waals surface area contributed by atoms with Crippen LogP contribution >= 0.6 is 0 Å². The van der Waals surface area contributed by atoms with E-state index in [2.05, 4.69) is 5.32 Å². The van der Waals surface area contributed by atoms with Gasteiger partial charge in [-0.3, -0.25) is 9.59 Å². The van der Waals surface area contributed by atoms with E-state index in [4.69, 9.17) is 5.26 Å². The zero-order valence-electron chi connectivity index (χ0n) is 12.7. The van der Waals surface area contributed by atoms with Crippen LogP contribution in [-0.2, 0) is 9.59 Å². The number of hydrogen-bond donors (Lipinski definition) is 1.